The molecule has 0 aliphatic heterocycles. The van der Waals surface area contributed by atoms with Crippen LogP contribution in [0, 0.1) is 0 Å². The topological polar surface area (TPSA) is 25.2 Å². The fraction of sp³-hybridized carbons (Fsp3) is 0.167. The first kappa shape index (κ1) is 13.1. The second-order valence-corrected chi connectivity index (χ2v) is 5.76. The summed E-state index contributed by atoms with van der Waals surface area (Å²) < 4.78 is 7.37. The van der Waals surface area contributed by atoms with Gasteiger partial charge in [-0.25, -0.2) is 0 Å². The summed E-state index contributed by atoms with van der Waals surface area (Å²) in [6, 6.07) is 7.63. The van der Waals surface area contributed by atoms with E-state index in [1.54, 1.807) is 6.26 Å². The molecule has 0 saturated carbocycles. The Hall–Kier alpha value is -0.290. The molecular formula is C12H10Br2ClNO. The molecular weight excluding hydrogens is 369 g/mol. The van der Waals surface area contributed by atoms with Crippen molar-refractivity contribution in [3.05, 3.63) is 55.8 Å². The minimum Gasteiger partial charge on any atom is -0.466 e. The molecule has 1 heterocycles. The number of furan rings is 1. The summed E-state index contributed by atoms with van der Waals surface area (Å²) in [7, 11) is 1.88. The molecule has 0 amide bonds. The molecule has 0 saturated heterocycles. The Morgan fingerprint density at radius 1 is 1.29 bits per heavy atom. The maximum atomic E-state index is 6.05. The Kier molecular flexibility index (Phi) is 4.31. The average Bonchev–Trinajstić information content (AvgIpc) is 2.65. The van der Waals surface area contributed by atoms with E-state index in [0.717, 1.165) is 20.3 Å². The van der Waals surface area contributed by atoms with Crippen LogP contribution < -0.4 is 5.32 Å². The Morgan fingerprint density at radius 3 is 2.59 bits per heavy atom. The van der Waals surface area contributed by atoms with Crippen molar-refractivity contribution in [2.24, 2.45) is 0 Å². The van der Waals surface area contributed by atoms with Crippen LogP contribution in [-0.2, 0) is 0 Å². The maximum absolute atomic E-state index is 6.05. The highest BCUT2D eigenvalue weighted by atomic mass is 79.9. The molecule has 0 aliphatic carbocycles. The van der Waals surface area contributed by atoms with E-state index in [9.17, 15) is 0 Å². The molecule has 17 heavy (non-hydrogen) atoms. The number of halogens is 3. The minimum absolute atomic E-state index is 0.0330. The van der Waals surface area contributed by atoms with Crippen molar-refractivity contribution in [2.45, 2.75) is 6.04 Å². The van der Waals surface area contributed by atoms with E-state index < -0.39 is 0 Å². The van der Waals surface area contributed by atoms with Gasteiger partial charge in [0.1, 0.15) is 5.76 Å². The lowest BCUT2D eigenvalue weighted by atomic mass is 10.1. The van der Waals surface area contributed by atoms with Gasteiger partial charge in [0.05, 0.1) is 16.8 Å². The van der Waals surface area contributed by atoms with Crippen molar-refractivity contribution in [3.63, 3.8) is 0 Å². The highest BCUT2D eigenvalue weighted by molar-refractivity contribution is 9.10. The van der Waals surface area contributed by atoms with Crippen LogP contribution in [0.25, 0.3) is 0 Å². The first-order chi connectivity index (χ1) is 8.11. The number of hydrogen-bond donors (Lipinski definition) is 1. The van der Waals surface area contributed by atoms with Crippen molar-refractivity contribution in [1.82, 2.24) is 5.32 Å². The largest absolute Gasteiger partial charge is 0.466 e. The second kappa shape index (κ2) is 5.57. The zero-order chi connectivity index (χ0) is 12.4. The molecule has 1 atom stereocenters. The molecule has 1 aromatic heterocycles. The van der Waals surface area contributed by atoms with E-state index in [4.69, 9.17) is 16.0 Å². The van der Waals surface area contributed by atoms with Crippen LogP contribution in [0.5, 0.6) is 0 Å². The lowest BCUT2D eigenvalue weighted by molar-refractivity contribution is 0.461. The number of benzene rings is 1. The lowest BCUT2D eigenvalue weighted by Gasteiger charge is -2.15. The fourth-order valence-corrected chi connectivity index (χ4v) is 3.02. The highest BCUT2D eigenvalue weighted by Gasteiger charge is 2.18. The molecule has 1 unspecified atom stereocenters. The van der Waals surface area contributed by atoms with Gasteiger partial charge in [-0.1, -0.05) is 27.5 Å². The third-order valence-electron chi connectivity index (χ3n) is 2.41. The van der Waals surface area contributed by atoms with Crippen molar-refractivity contribution >= 4 is 43.5 Å². The monoisotopic (exact) mass is 377 g/mol. The van der Waals surface area contributed by atoms with Gasteiger partial charge in [-0.15, -0.1) is 0 Å². The summed E-state index contributed by atoms with van der Waals surface area (Å²) in [5.41, 5.74) is 1.04. The molecule has 0 spiro atoms. The predicted octanol–water partition coefficient (Wildman–Crippen LogP) is 4.77. The Labute approximate surface area is 122 Å². The van der Waals surface area contributed by atoms with Gasteiger partial charge >= 0.3 is 0 Å². The highest BCUT2D eigenvalue weighted by Crippen LogP contribution is 2.32. The molecule has 90 valence electrons. The second-order valence-electron chi connectivity index (χ2n) is 3.56. The van der Waals surface area contributed by atoms with Gasteiger partial charge in [0.25, 0.3) is 0 Å². The summed E-state index contributed by atoms with van der Waals surface area (Å²) in [5.74, 6) is 0.835. The minimum atomic E-state index is -0.0330. The zero-order valence-corrected chi connectivity index (χ0v) is 12.9. The summed E-state index contributed by atoms with van der Waals surface area (Å²) >= 11 is 13.0. The van der Waals surface area contributed by atoms with Gasteiger partial charge < -0.3 is 9.73 Å². The van der Waals surface area contributed by atoms with Crippen LogP contribution in [-0.4, -0.2) is 7.05 Å². The Morgan fingerprint density at radius 2 is 2.06 bits per heavy atom. The average molecular weight is 379 g/mol. The smallest absolute Gasteiger partial charge is 0.139 e. The van der Waals surface area contributed by atoms with Crippen LogP contribution in [0.1, 0.15) is 17.4 Å². The van der Waals surface area contributed by atoms with Gasteiger partial charge in [-0.3, -0.25) is 0 Å². The molecule has 1 N–H and O–H groups in total. The van der Waals surface area contributed by atoms with Crippen LogP contribution >= 0.6 is 43.5 Å². The van der Waals surface area contributed by atoms with Crippen LogP contribution in [0.2, 0.25) is 5.02 Å². The van der Waals surface area contributed by atoms with Crippen molar-refractivity contribution in [1.29, 1.82) is 0 Å². The van der Waals surface area contributed by atoms with Crippen molar-refractivity contribution in [3.8, 4) is 0 Å². The molecule has 2 aromatic rings. The number of rotatable bonds is 3. The number of hydrogen-bond acceptors (Lipinski definition) is 2. The molecule has 0 bridgehead atoms. The first-order valence-electron chi connectivity index (χ1n) is 4.98. The molecule has 5 heteroatoms. The molecule has 0 radical (unpaired) electrons. The molecule has 0 fully saturated rings. The normalized spacial score (nSPS) is 12.7. The first-order valence-corrected chi connectivity index (χ1v) is 6.94. The third kappa shape index (κ3) is 2.94. The third-order valence-corrected chi connectivity index (χ3v) is 3.75. The van der Waals surface area contributed by atoms with Gasteiger partial charge in [0, 0.05) is 9.50 Å². The van der Waals surface area contributed by atoms with Gasteiger partial charge in [0.15, 0.2) is 0 Å². The standard InChI is InChI=1S/C12H10Br2ClNO/c1-16-11(12-10(14)2-3-17-12)7-4-8(13)6-9(15)5-7/h2-6,11,16H,1H3. The summed E-state index contributed by atoms with van der Waals surface area (Å²) in [4.78, 5) is 0. The van der Waals surface area contributed by atoms with Gasteiger partial charge in [-0.05, 0) is 52.8 Å². The van der Waals surface area contributed by atoms with E-state index in [-0.39, 0.29) is 6.04 Å². The van der Waals surface area contributed by atoms with Crippen molar-refractivity contribution < 1.29 is 4.42 Å². The molecule has 2 rings (SSSR count). The summed E-state index contributed by atoms with van der Waals surface area (Å²) in [6.45, 7) is 0. The summed E-state index contributed by atoms with van der Waals surface area (Å²) in [6.07, 6.45) is 1.66. The molecule has 0 aliphatic rings. The van der Waals surface area contributed by atoms with E-state index in [2.05, 4.69) is 37.2 Å². The SMILES string of the molecule is CNC(c1cc(Cl)cc(Br)c1)c1occc1Br. The fourth-order valence-electron chi connectivity index (χ4n) is 1.70. The zero-order valence-electron chi connectivity index (χ0n) is 9.01. The predicted molar refractivity (Wildman–Crippen MR) is 76.5 cm³/mol. The van der Waals surface area contributed by atoms with E-state index >= 15 is 0 Å². The number of nitrogens with one attached hydrogen (secondary N) is 1. The quantitative estimate of drug-likeness (QED) is 0.831. The molecule has 2 nitrogen and oxygen atoms in total. The Bertz CT molecular complexity index is 507. The van der Waals surface area contributed by atoms with Crippen LogP contribution in [0.4, 0.5) is 0 Å². The van der Waals surface area contributed by atoms with Gasteiger partial charge in [-0.2, -0.15) is 0 Å². The van der Waals surface area contributed by atoms with E-state index in [1.807, 2.05) is 31.3 Å². The van der Waals surface area contributed by atoms with Crippen LogP contribution in [0.15, 0.2) is 43.9 Å². The lowest BCUT2D eigenvalue weighted by Crippen LogP contribution is -2.17. The van der Waals surface area contributed by atoms with Crippen LogP contribution in [0.3, 0.4) is 0 Å². The van der Waals surface area contributed by atoms with E-state index in [1.165, 1.54) is 0 Å². The van der Waals surface area contributed by atoms with Crippen molar-refractivity contribution in [2.75, 3.05) is 7.05 Å². The maximum Gasteiger partial charge on any atom is 0.139 e. The van der Waals surface area contributed by atoms with Gasteiger partial charge in [0.2, 0.25) is 0 Å². The Balaban J connectivity index is 2.45. The molecule has 1 aromatic carbocycles. The van der Waals surface area contributed by atoms with E-state index in [0.29, 0.717) is 5.02 Å². The summed E-state index contributed by atoms with van der Waals surface area (Å²) in [5, 5.41) is 3.90.